The molecule has 2 atom stereocenters. The molecule has 1 aliphatic rings. The lowest BCUT2D eigenvalue weighted by Gasteiger charge is -2.24. The monoisotopic (exact) mass is 238 g/mol. The van der Waals surface area contributed by atoms with Crippen molar-refractivity contribution >= 4 is 11.8 Å². The zero-order valence-corrected chi connectivity index (χ0v) is 10.3. The van der Waals surface area contributed by atoms with Gasteiger partial charge >= 0.3 is 0 Å². The van der Waals surface area contributed by atoms with Crippen LogP contribution in [0.5, 0.6) is 0 Å². The number of hydrogen-bond acceptors (Lipinski definition) is 4. The van der Waals surface area contributed by atoms with Crippen LogP contribution < -0.4 is 5.32 Å². The predicted molar refractivity (Wildman–Crippen MR) is 67.5 cm³/mol. The summed E-state index contributed by atoms with van der Waals surface area (Å²) in [5, 5.41) is 13.5. The number of aliphatic hydroxyl groups is 1. The Balaban J connectivity index is 1.86. The number of pyridine rings is 1. The van der Waals surface area contributed by atoms with Gasteiger partial charge in [0.1, 0.15) is 0 Å². The molecule has 1 aromatic rings. The van der Waals surface area contributed by atoms with Gasteiger partial charge in [-0.1, -0.05) is 6.07 Å². The number of hydrogen-bond donors (Lipinski definition) is 2. The highest BCUT2D eigenvalue weighted by molar-refractivity contribution is 7.99. The number of aromatic nitrogens is 1. The number of rotatable bonds is 4. The summed E-state index contributed by atoms with van der Waals surface area (Å²) in [4.78, 5) is 4.30. The third-order valence-corrected chi connectivity index (χ3v) is 4.19. The molecule has 2 rings (SSSR count). The van der Waals surface area contributed by atoms with E-state index in [-0.39, 0.29) is 6.04 Å². The summed E-state index contributed by atoms with van der Waals surface area (Å²) in [5.74, 6) is 1.91. The fraction of sp³-hybridized carbons (Fsp3) is 0.583. The topological polar surface area (TPSA) is 45.1 Å². The minimum atomic E-state index is -0.520. The molecule has 1 aliphatic heterocycles. The van der Waals surface area contributed by atoms with Crippen LogP contribution in [-0.4, -0.2) is 33.7 Å². The van der Waals surface area contributed by atoms with Gasteiger partial charge in [-0.15, -0.1) is 0 Å². The molecule has 0 aliphatic carbocycles. The van der Waals surface area contributed by atoms with Crippen molar-refractivity contribution in [2.24, 2.45) is 0 Å². The van der Waals surface area contributed by atoms with Gasteiger partial charge in [-0.25, -0.2) is 0 Å². The van der Waals surface area contributed by atoms with Gasteiger partial charge in [0.05, 0.1) is 11.3 Å². The Kier molecular flexibility index (Phi) is 3.84. The molecule has 1 fully saturated rings. The number of nitrogens with one attached hydrogen (secondary N) is 1. The average molecular weight is 238 g/mol. The van der Waals surface area contributed by atoms with E-state index in [9.17, 15) is 5.11 Å². The first kappa shape index (κ1) is 11.9. The van der Waals surface area contributed by atoms with Crippen molar-refractivity contribution in [2.45, 2.75) is 25.0 Å². The predicted octanol–water partition coefficient (Wildman–Crippen LogP) is 1.60. The van der Waals surface area contributed by atoms with Crippen molar-refractivity contribution in [1.29, 1.82) is 0 Å². The number of thioether (sulfide) groups is 1. The lowest BCUT2D eigenvalue weighted by Crippen LogP contribution is -2.41. The molecule has 2 N–H and O–H groups in total. The molecule has 0 saturated carbocycles. The normalized spacial score (nSPS) is 26.9. The van der Waals surface area contributed by atoms with Crippen molar-refractivity contribution < 1.29 is 5.11 Å². The maximum Gasteiger partial charge on any atom is 0.0869 e. The van der Waals surface area contributed by atoms with Gasteiger partial charge in [-0.05, 0) is 31.2 Å². The molecule has 4 heteroatoms. The zero-order valence-electron chi connectivity index (χ0n) is 9.52. The molecule has 1 saturated heterocycles. The van der Waals surface area contributed by atoms with Crippen molar-refractivity contribution in [3.05, 3.63) is 30.1 Å². The Labute approximate surface area is 101 Å². The van der Waals surface area contributed by atoms with E-state index in [0.29, 0.717) is 6.54 Å². The van der Waals surface area contributed by atoms with Gasteiger partial charge in [-0.2, -0.15) is 11.8 Å². The molecule has 0 amide bonds. The first-order chi connectivity index (χ1) is 7.70. The van der Waals surface area contributed by atoms with E-state index in [0.717, 1.165) is 23.6 Å². The Morgan fingerprint density at radius 2 is 2.50 bits per heavy atom. The van der Waals surface area contributed by atoms with Crippen LogP contribution in [0.4, 0.5) is 0 Å². The zero-order chi connectivity index (χ0) is 11.4. The third kappa shape index (κ3) is 2.97. The van der Waals surface area contributed by atoms with Crippen molar-refractivity contribution in [2.75, 3.05) is 18.1 Å². The van der Waals surface area contributed by atoms with E-state index < -0.39 is 5.60 Å². The van der Waals surface area contributed by atoms with Crippen molar-refractivity contribution in [3.63, 3.8) is 0 Å². The van der Waals surface area contributed by atoms with Gasteiger partial charge in [-0.3, -0.25) is 4.98 Å². The molecule has 0 radical (unpaired) electrons. The van der Waals surface area contributed by atoms with E-state index in [1.165, 1.54) is 0 Å². The van der Waals surface area contributed by atoms with Crippen LogP contribution in [0, 0.1) is 0 Å². The highest BCUT2D eigenvalue weighted by atomic mass is 32.2. The average Bonchev–Trinajstić information content (AvgIpc) is 2.75. The van der Waals surface area contributed by atoms with Gasteiger partial charge in [0.25, 0.3) is 0 Å². The van der Waals surface area contributed by atoms with Gasteiger partial charge in [0.2, 0.25) is 0 Å². The Morgan fingerprint density at radius 3 is 3.12 bits per heavy atom. The molecule has 88 valence electrons. The molecule has 3 nitrogen and oxygen atoms in total. The maximum atomic E-state index is 10.2. The molecule has 0 aromatic carbocycles. The van der Waals surface area contributed by atoms with Crippen LogP contribution in [0.25, 0.3) is 0 Å². The van der Waals surface area contributed by atoms with Crippen LogP contribution in [0.15, 0.2) is 24.4 Å². The van der Waals surface area contributed by atoms with Gasteiger partial charge in [0.15, 0.2) is 0 Å². The molecule has 2 heterocycles. The highest BCUT2D eigenvalue weighted by Gasteiger charge is 2.31. The lowest BCUT2D eigenvalue weighted by atomic mass is 10.0. The smallest absolute Gasteiger partial charge is 0.0869 e. The summed E-state index contributed by atoms with van der Waals surface area (Å²) >= 11 is 1.82. The molecular weight excluding hydrogens is 220 g/mol. The summed E-state index contributed by atoms with van der Waals surface area (Å²) < 4.78 is 0. The summed E-state index contributed by atoms with van der Waals surface area (Å²) in [6, 6.07) is 6.10. The highest BCUT2D eigenvalue weighted by Crippen LogP contribution is 2.27. The second-order valence-corrected chi connectivity index (χ2v) is 5.49. The fourth-order valence-electron chi connectivity index (χ4n) is 1.82. The van der Waals surface area contributed by atoms with E-state index in [1.54, 1.807) is 6.20 Å². The third-order valence-electron chi connectivity index (χ3n) is 2.95. The standard InChI is InChI=1S/C12H18N2OS/c1-10(11-4-2-3-6-13-11)14-8-12(15)5-7-16-9-12/h2-4,6,10,14-15H,5,7-9H2,1H3. The van der Waals surface area contributed by atoms with Crippen LogP contribution >= 0.6 is 11.8 Å². The quantitative estimate of drug-likeness (QED) is 0.836. The largest absolute Gasteiger partial charge is 0.388 e. The Morgan fingerprint density at radius 1 is 1.62 bits per heavy atom. The Bertz CT molecular complexity index is 325. The van der Waals surface area contributed by atoms with E-state index >= 15 is 0 Å². The van der Waals surface area contributed by atoms with Crippen LogP contribution in [0.2, 0.25) is 0 Å². The van der Waals surface area contributed by atoms with E-state index in [2.05, 4.69) is 17.2 Å². The van der Waals surface area contributed by atoms with Gasteiger partial charge < -0.3 is 10.4 Å². The van der Waals surface area contributed by atoms with Crippen molar-refractivity contribution in [3.8, 4) is 0 Å². The lowest BCUT2D eigenvalue weighted by molar-refractivity contribution is 0.0650. The van der Waals surface area contributed by atoms with Crippen LogP contribution in [-0.2, 0) is 0 Å². The summed E-state index contributed by atoms with van der Waals surface area (Å²) in [7, 11) is 0. The minimum Gasteiger partial charge on any atom is -0.388 e. The summed E-state index contributed by atoms with van der Waals surface area (Å²) in [6.45, 7) is 2.73. The van der Waals surface area contributed by atoms with E-state index in [1.807, 2.05) is 30.0 Å². The van der Waals surface area contributed by atoms with Crippen LogP contribution in [0.1, 0.15) is 25.1 Å². The van der Waals surface area contributed by atoms with Gasteiger partial charge in [0, 0.05) is 24.5 Å². The first-order valence-corrected chi connectivity index (χ1v) is 6.80. The maximum absolute atomic E-state index is 10.2. The Hall–Kier alpha value is -0.580. The molecule has 1 aromatic heterocycles. The molecular formula is C12H18N2OS. The number of nitrogens with zero attached hydrogens (tertiary/aromatic N) is 1. The SMILES string of the molecule is CC(NCC1(O)CCSC1)c1ccccn1. The summed E-state index contributed by atoms with van der Waals surface area (Å²) in [6.07, 6.45) is 2.69. The molecule has 2 unspecified atom stereocenters. The summed E-state index contributed by atoms with van der Waals surface area (Å²) in [5.41, 5.74) is 0.505. The fourth-order valence-corrected chi connectivity index (χ4v) is 3.11. The molecule has 0 spiro atoms. The first-order valence-electron chi connectivity index (χ1n) is 5.64. The second-order valence-electron chi connectivity index (χ2n) is 4.38. The van der Waals surface area contributed by atoms with Crippen molar-refractivity contribution in [1.82, 2.24) is 10.3 Å². The second kappa shape index (κ2) is 5.17. The van der Waals surface area contributed by atoms with E-state index in [4.69, 9.17) is 0 Å². The van der Waals surface area contributed by atoms with Crippen LogP contribution in [0.3, 0.4) is 0 Å². The molecule has 0 bridgehead atoms. The molecule has 16 heavy (non-hydrogen) atoms. The minimum absolute atomic E-state index is 0.191.